The lowest BCUT2D eigenvalue weighted by atomic mass is 10.0. The predicted molar refractivity (Wildman–Crippen MR) is 179 cm³/mol. The third-order valence-corrected chi connectivity index (χ3v) is 7.49. The van der Waals surface area contributed by atoms with Gasteiger partial charge in [0, 0.05) is 42.6 Å². The molecule has 236 valence electrons. The van der Waals surface area contributed by atoms with Crippen LogP contribution in [0.25, 0.3) is 0 Å². The van der Waals surface area contributed by atoms with E-state index in [2.05, 4.69) is 49.2 Å². The fourth-order valence-electron chi connectivity index (χ4n) is 5.61. The number of rotatable bonds is 9. The summed E-state index contributed by atoms with van der Waals surface area (Å²) in [5.74, 6) is 0.947. The molecule has 1 amide bonds. The van der Waals surface area contributed by atoms with Gasteiger partial charge in [0.1, 0.15) is 24.5 Å². The molecule has 0 radical (unpaired) electrons. The van der Waals surface area contributed by atoms with Crippen LogP contribution >= 0.6 is 0 Å². The molecular formula is C37H44N4O4. The van der Waals surface area contributed by atoms with Gasteiger partial charge >= 0.3 is 6.09 Å². The van der Waals surface area contributed by atoms with Crippen LogP contribution < -0.4 is 19.7 Å². The number of nitrogens with zero attached hydrogens (tertiary/aromatic N) is 3. The third-order valence-electron chi connectivity index (χ3n) is 7.49. The van der Waals surface area contributed by atoms with E-state index in [9.17, 15) is 4.79 Å². The third kappa shape index (κ3) is 8.69. The van der Waals surface area contributed by atoms with Crippen LogP contribution in [0.2, 0.25) is 0 Å². The number of hydrogen-bond acceptors (Lipinski definition) is 7. The highest BCUT2D eigenvalue weighted by molar-refractivity contribution is 5.71. The summed E-state index contributed by atoms with van der Waals surface area (Å²) in [7, 11) is 0. The molecule has 0 saturated carbocycles. The average molecular weight is 609 g/mol. The summed E-state index contributed by atoms with van der Waals surface area (Å²) in [5, 5.41) is 3.56. The largest absolute Gasteiger partial charge is 0.473 e. The van der Waals surface area contributed by atoms with E-state index < -0.39 is 5.60 Å². The number of amides is 1. The number of anilines is 3. The van der Waals surface area contributed by atoms with Gasteiger partial charge in [-0.1, -0.05) is 60.7 Å². The summed E-state index contributed by atoms with van der Waals surface area (Å²) in [6.07, 6.45) is -0.265. The van der Waals surface area contributed by atoms with Gasteiger partial charge in [-0.05, 0) is 82.5 Å². The fraction of sp³-hybridized carbons (Fsp3) is 0.351. The molecule has 1 aromatic heterocycles. The molecule has 0 aliphatic carbocycles. The van der Waals surface area contributed by atoms with Crippen LogP contribution in [0.5, 0.6) is 11.8 Å². The summed E-state index contributed by atoms with van der Waals surface area (Å²) < 4.78 is 17.9. The van der Waals surface area contributed by atoms with E-state index in [1.54, 1.807) is 0 Å². The van der Waals surface area contributed by atoms with Gasteiger partial charge in [-0.15, -0.1) is 0 Å². The molecule has 8 nitrogen and oxygen atoms in total. The highest BCUT2D eigenvalue weighted by Gasteiger charge is 2.34. The minimum Gasteiger partial charge on any atom is -0.473 e. The summed E-state index contributed by atoms with van der Waals surface area (Å²) in [6.45, 7) is 14.0. The van der Waals surface area contributed by atoms with E-state index in [0.29, 0.717) is 38.1 Å². The zero-order valence-electron chi connectivity index (χ0n) is 27.1. The number of nitrogens with one attached hydrogen (secondary N) is 1. The Morgan fingerprint density at radius 1 is 0.844 bits per heavy atom. The van der Waals surface area contributed by atoms with Crippen molar-refractivity contribution in [2.45, 2.75) is 72.4 Å². The minimum atomic E-state index is -0.525. The smallest absolute Gasteiger partial charge is 0.410 e. The van der Waals surface area contributed by atoms with Gasteiger partial charge in [-0.2, -0.15) is 4.98 Å². The number of aryl methyl sites for hydroxylation is 1. The Kier molecular flexibility index (Phi) is 9.81. The van der Waals surface area contributed by atoms with E-state index in [-0.39, 0.29) is 18.2 Å². The first-order valence-electron chi connectivity index (χ1n) is 15.5. The summed E-state index contributed by atoms with van der Waals surface area (Å²) in [5.41, 5.74) is 5.45. The lowest BCUT2D eigenvalue weighted by Crippen LogP contribution is -2.58. The van der Waals surface area contributed by atoms with Crippen LogP contribution in [0.1, 0.15) is 51.3 Å². The molecule has 0 bridgehead atoms. The van der Waals surface area contributed by atoms with E-state index in [1.165, 1.54) is 0 Å². The number of hydrogen-bond donors (Lipinski definition) is 1. The molecule has 1 aliphatic rings. The molecule has 45 heavy (non-hydrogen) atoms. The molecule has 0 unspecified atom stereocenters. The van der Waals surface area contributed by atoms with Gasteiger partial charge in [-0.25, -0.2) is 4.79 Å². The lowest BCUT2D eigenvalue weighted by Gasteiger charge is -2.46. The molecule has 4 aromatic rings. The van der Waals surface area contributed by atoms with Gasteiger partial charge in [0.2, 0.25) is 11.8 Å². The average Bonchev–Trinajstić information content (AvgIpc) is 2.99. The van der Waals surface area contributed by atoms with Crippen LogP contribution in [0.4, 0.5) is 21.9 Å². The van der Waals surface area contributed by atoms with Crippen molar-refractivity contribution in [2.75, 3.05) is 23.3 Å². The van der Waals surface area contributed by atoms with Crippen molar-refractivity contribution in [2.24, 2.45) is 0 Å². The number of piperazine rings is 1. The zero-order chi connectivity index (χ0) is 32.0. The molecular weight excluding hydrogens is 564 g/mol. The number of pyridine rings is 1. The van der Waals surface area contributed by atoms with Crippen molar-refractivity contribution >= 4 is 23.2 Å². The van der Waals surface area contributed by atoms with Crippen molar-refractivity contribution in [3.05, 3.63) is 108 Å². The minimum absolute atomic E-state index is 0.100. The second kappa shape index (κ2) is 13.9. The highest BCUT2D eigenvalue weighted by Crippen LogP contribution is 2.34. The first-order chi connectivity index (χ1) is 21.5. The summed E-state index contributed by atoms with van der Waals surface area (Å²) in [4.78, 5) is 21.8. The van der Waals surface area contributed by atoms with Crippen LogP contribution in [-0.4, -0.2) is 46.8 Å². The van der Waals surface area contributed by atoms with Crippen molar-refractivity contribution in [3.63, 3.8) is 0 Å². The Morgan fingerprint density at radius 3 is 2.04 bits per heavy atom. The summed E-state index contributed by atoms with van der Waals surface area (Å²) >= 11 is 0. The summed E-state index contributed by atoms with van der Waals surface area (Å²) in [6, 6.07) is 30.5. The van der Waals surface area contributed by atoms with Crippen molar-refractivity contribution in [1.29, 1.82) is 0 Å². The maximum Gasteiger partial charge on any atom is 0.410 e. The van der Waals surface area contributed by atoms with Crippen molar-refractivity contribution in [1.82, 2.24) is 9.88 Å². The Balaban J connectivity index is 1.35. The van der Waals surface area contributed by atoms with Crippen LogP contribution in [0.3, 0.4) is 0 Å². The molecule has 1 fully saturated rings. The van der Waals surface area contributed by atoms with E-state index in [0.717, 1.165) is 33.8 Å². The van der Waals surface area contributed by atoms with Crippen molar-refractivity contribution in [3.8, 4) is 11.8 Å². The second-order valence-corrected chi connectivity index (χ2v) is 12.7. The van der Waals surface area contributed by atoms with Gasteiger partial charge < -0.3 is 29.3 Å². The highest BCUT2D eigenvalue weighted by atomic mass is 16.6. The van der Waals surface area contributed by atoms with E-state index in [1.807, 2.05) is 98.5 Å². The van der Waals surface area contributed by atoms with E-state index in [4.69, 9.17) is 19.2 Å². The number of ether oxygens (including phenoxy) is 3. The van der Waals surface area contributed by atoms with Crippen LogP contribution in [0, 0.1) is 6.92 Å². The standard InChI is InChI=1S/C37H44N4O4/c1-26-19-31(21-32(20-26)41-27(2)22-40(23-28(41)3)36(42)45-37(4,5)6)38-33-17-18-34(43-24-29-13-9-7-10-14-29)39-35(33)44-25-30-15-11-8-12-16-30/h7-21,27-28,38H,22-25H2,1-6H3/t27-,28+. The van der Waals surface area contributed by atoms with Gasteiger partial charge in [0.15, 0.2) is 0 Å². The SMILES string of the molecule is Cc1cc(Nc2ccc(OCc3ccccc3)nc2OCc2ccccc2)cc(N2[C@H](C)CN(C(=O)OC(C)(C)C)C[C@@H]2C)c1. The van der Waals surface area contributed by atoms with Gasteiger partial charge in [0.25, 0.3) is 0 Å². The second-order valence-electron chi connectivity index (χ2n) is 12.7. The van der Waals surface area contributed by atoms with Gasteiger partial charge in [0.05, 0.1) is 0 Å². The maximum absolute atomic E-state index is 12.8. The molecule has 1 N–H and O–H groups in total. The number of carbonyl (C=O) groups is 1. The molecule has 5 rings (SSSR count). The quantitative estimate of drug-likeness (QED) is 0.206. The Labute approximate surface area is 266 Å². The Bertz CT molecular complexity index is 1560. The first-order valence-corrected chi connectivity index (χ1v) is 15.5. The van der Waals surface area contributed by atoms with Crippen LogP contribution in [0.15, 0.2) is 91.0 Å². The Hall–Kier alpha value is -4.72. The normalized spacial score (nSPS) is 16.7. The first kappa shape index (κ1) is 31.7. The molecule has 1 aliphatic heterocycles. The van der Waals surface area contributed by atoms with Crippen molar-refractivity contribution < 1.29 is 19.0 Å². The molecule has 2 heterocycles. The number of carbonyl (C=O) groups excluding carboxylic acids is 1. The zero-order valence-corrected chi connectivity index (χ0v) is 27.1. The molecule has 8 heteroatoms. The number of aromatic nitrogens is 1. The molecule has 3 aromatic carbocycles. The monoisotopic (exact) mass is 608 g/mol. The topological polar surface area (TPSA) is 76.2 Å². The van der Waals surface area contributed by atoms with E-state index >= 15 is 0 Å². The molecule has 2 atom stereocenters. The fourth-order valence-corrected chi connectivity index (χ4v) is 5.61. The lowest BCUT2D eigenvalue weighted by molar-refractivity contribution is 0.0193. The van der Waals surface area contributed by atoms with Crippen LogP contribution in [-0.2, 0) is 18.0 Å². The predicted octanol–water partition coefficient (Wildman–Crippen LogP) is 8.13. The number of benzene rings is 3. The molecule has 1 saturated heterocycles. The Morgan fingerprint density at radius 2 is 1.44 bits per heavy atom. The van der Waals surface area contributed by atoms with Gasteiger partial charge in [-0.3, -0.25) is 0 Å². The molecule has 0 spiro atoms. The maximum atomic E-state index is 12.8.